The van der Waals surface area contributed by atoms with Crippen LogP contribution in [0.4, 0.5) is 0 Å². The molecule has 1 aromatic carbocycles. The largest absolute Gasteiger partial charge is 0.343 e. The number of hydrogen-bond donors (Lipinski definition) is 1. The van der Waals surface area contributed by atoms with Crippen molar-refractivity contribution in [3.05, 3.63) is 34.3 Å². The summed E-state index contributed by atoms with van der Waals surface area (Å²) in [5.74, 6) is -0.223. The van der Waals surface area contributed by atoms with Crippen molar-refractivity contribution in [1.82, 2.24) is 10.2 Å². The lowest BCUT2D eigenvalue weighted by atomic mass is 10.2. The number of nitrogens with one attached hydrogen (secondary N) is 1. The maximum atomic E-state index is 11.8. The van der Waals surface area contributed by atoms with Crippen LogP contribution in [-0.4, -0.2) is 36.3 Å². The Morgan fingerprint density at radius 2 is 2.00 bits per heavy atom. The molecular formula is C13H15BrN2O2. The summed E-state index contributed by atoms with van der Waals surface area (Å²) in [7, 11) is 0. The molecule has 0 aromatic heterocycles. The zero-order chi connectivity index (χ0) is 13.0. The SMILES string of the molecule is O=C(NCC(=O)N1CCCC1)c1cccc(Br)c1. The van der Waals surface area contributed by atoms with Crippen molar-refractivity contribution in [3.63, 3.8) is 0 Å². The van der Waals surface area contributed by atoms with E-state index in [-0.39, 0.29) is 18.4 Å². The fourth-order valence-electron chi connectivity index (χ4n) is 1.97. The smallest absolute Gasteiger partial charge is 0.251 e. The molecule has 1 aliphatic heterocycles. The maximum absolute atomic E-state index is 11.8. The van der Waals surface area contributed by atoms with E-state index in [2.05, 4.69) is 21.2 Å². The van der Waals surface area contributed by atoms with Gasteiger partial charge in [-0.25, -0.2) is 0 Å². The summed E-state index contributed by atoms with van der Waals surface area (Å²) in [5.41, 5.74) is 0.554. The predicted octanol–water partition coefficient (Wildman–Crippen LogP) is 1.80. The van der Waals surface area contributed by atoms with E-state index in [0.717, 1.165) is 30.4 Å². The number of carbonyl (C=O) groups excluding carboxylic acids is 2. The van der Waals surface area contributed by atoms with Gasteiger partial charge in [0.1, 0.15) is 0 Å². The Hall–Kier alpha value is -1.36. The molecule has 5 heteroatoms. The van der Waals surface area contributed by atoms with Gasteiger partial charge in [-0.15, -0.1) is 0 Å². The third-order valence-electron chi connectivity index (χ3n) is 2.95. The number of rotatable bonds is 3. The normalized spacial score (nSPS) is 14.6. The van der Waals surface area contributed by atoms with Gasteiger partial charge >= 0.3 is 0 Å². The van der Waals surface area contributed by atoms with Gasteiger partial charge in [-0.2, -0.15) is 0 Å². The van der Waals surface area contributed by atoms with Crippen LogP contribution in [0.1, 0.15) is 23.2 Å². The van der Waals surface area contributed by atoms with E-state index in [1.807, 2.05) is 6.07 Å². The predicted molar refractivity (Wildman–Crippen MR) is 72.3 cm³/mol. The molecule has 0 saturated carbocycles. The molecule has 0 aliphatic carbocycles. The van der Waals surface area contributed by atoms with E-state index in [0.29, 0.717) is 5.56 Å². The Labute approximate surface area is 114 Å². The highest BCUT2D eigenvalue weighted by Gasteiger charge is 2.18. The van der Waals surface area contributed by atoms with Crippen molar-refractivity contribution in [2.75, 3.05) is 19.6 Å². The topological polar surface area (TPSA) is 49.4 Å². The second-order valence-corrected chi connectivity index (χ2v) is 5.20. The number of hydrogen-bond acceptors (Lipinski definition) is 2. The first kappa shape index (κ1) is 13.1. The second kappa shape index (κ2) is 6.00. The third kappa shape index (κ3) is 3.32. The van der Waals surface area contributed by atoms with Crippen LogP contribution in [0.25, 0.3) is 0 Å². The van der Waals surface area contributed by atoms with Gasteiger partial charge in [0.2, 0.25) is 5.91 Å². The van der Waals surface area contributed by atoms with Crippen molar-refractivity contribution in [3.8, 4) is 0 Å². The van der Waals surface area contributed by atoms with E-state index in [1.54, 1.807) is 23.1 Å². The highest BCUT2D eigenvalue weighted by molar-refractivity contribution is 9.10. The lowest BCUT2D eigenvalue weighted by Crippen LogP contribution is -2.38. The van der Waals surface area contributed by atoms with Crippen molar-refractivity contribution >= 4 is 27.7 Å². The number of likely N-dealkylation sites (tertiary alicyclic amines) is 1. The summed E-state index contributed by atoms with van der Waals surface area (Å²) in [4.78, 5) is 25.4. The van der Waals surface area contributed by atoms with Crippen molar-refractivity contribution in [2.24, 2.45) is 0 Å². The number of benzene rings is 1. The molecule has 4 nitrogen and oxygen atoms in total. The maximum Gasteiger partial charge on any atom is 0.251 e. The summed E-state index contributed by atoms with van der Waals surface area (Å²) in [6.45, 7) is 1.70. The monoisotopic (exact) mass is 310 g/mol. The first-order valence-electron chi connectivity index (χ1n) is 5.98. The Balaban J connectivity index is 1.86. The minimum Gasteiger partial charge on any atom is -0.343 e. The van der Waals surface area contributed by atoms with Gasteiger partial charge < -0.3 is 10.2 Å². The highest BCUT2D eigenvalue weighted by atomic mass is 79.9. The van der Waals surface area contributed by atoms with Crippen LogP contribution >= 0.6 is 15.9 Å². The summed E-state index contributed by atoms with van der Waals surface area (Å²) in [6.07, 6.45) is 2.12. The molecule has 0 spiro atoms. The molecule has 0 bridgehead atoms. The average molecular weight is 311 g/mol. The Bertz CT molecular complexity index is 456. The Morgan fingerprint density at radius 3 is 2.67 bits per heavy atom. The lowest BCUT2D eigenvalue weighted by Gasteiger charge is -2.15. The first-order valence-corrected chi connectivity index (χ1v) is 6.77. The van der Waals surface area contributed by atoms with Gasteiger partial charge in [0.05, 0.1) is 6.54 Å². The van der Waals surface area contributed by atoms with Crippen LogP contribution < -0.4 is 5.32 Å². The number of carbonyl (C=O) groups is 2. The van der Waals surface area contributed by atoms with Gasteiger partial charge in [-0.1, -0.05) is 22.0 Å². The fourth-order valence-corrected chi connectivity index (χ4v) is 2.37. The average Bonchev–Trinajstić information content (AvgIpc) is 2.89. The third-order valence-corrected chi connectivity index (χ3v) is 3.44. The van der Waals surface area contributed by atoms with Gasteiger partial charge in [0.25, 0.3) is 5.91 Å². The highest BCUT2D eigenvalue weighted by Crippen LogP contribution is 2.11. The van der Waals surface area contributed by atoms with Crippen LogP contribution in [0, 0.1) is 0 Å². The molecule has 96 valence electrons. The Kier molecular flexibility index (Phi) is 4.36. The van der Waals surface area contributed by atoms with Gasteiger partial charge in [0.15, 0.2) is 0 Å². The molecule has 1 aliphatic rings. The van der Waals surface area contributed by atoms with Crippen molar-refractivity contribution < 1.29 is 9.59 Å². The Morgan fingerprint density at radius 1 is 1.28 bits per heavy atom. The molecular weight excluding hydrogens is 296 g/mol. The zero-order valence-electron chi connectivity index (χ0n) is 9.99. The van der Waals surface area contributed by atoms with Gasteiger partial charge in [0, 0.05) is 23.1 Å². The molecule has 2 rings (SSSR count). The molecule has 1 N–H and O–H groups in total. The molecule has 1 aromatic rings. The molecule has 0 radical (unpaired) electrons. The zero-order valence-corrected chi connectivity index (χ0v) is 11.6. The van der Waals surface area contributed by atoms with Crippen LogP contribution in [0.5, 0.6) is 0 Å². The fraction of sp³-hybridized carbons (Fsp3) is 0.385. The number of halogens is 1. The minimum absolute atomic E-state index is 0.00385. The summed E-state index contributed by atoms with van der Waals surface area (Å²) in [5, 5.41) is 2.65. The molecule has 0 atom stereocenters. The molecule has 2 amide bonds. The van der Waals surface area contributed by atoms with Crippen LogP contribution in [0.15, 0.2) is 28.7 Å². The molecule has 18 heavy (non-hydrogen) atoms. The molecule has 1 saturated heterocycles. The van der Waals surface area contributed by atoms with E-state index < -0.39 is 0 Å². The van der Waals surface area contributed by atoms with Crippen molar-refractivity contribution in [1.29, 1.82) is 0 Å². The molecule has 1 fully saturated rings. The second-order valence-electron chi connectivity index (χ2n) is 4.28. The standard InChI is InChI=1S/C13H15BrN2O2/c14-11-5-3-4-10(8-11)13(18)15-9-12(17)16-6-1-2-7-16/h3-5,8H,1-2,6-7,9H2,(H,15,18). The minimum atomic E-state index is -0.219. The summed E-state index contributed by atoms with van der Waals surface area (Å²) in [6, 6.07) is 7.10. The van der Waals surface area contributed by atoms with Crippen LogP contribution in [0.3, 0.4) is 0 Å². The van der Waals surface area contributed by atoms with Crippen LogP contribution in [-0.2, 0) is 4.79 Å². The van der Waals surface area contributed by atoms with Crippen LogP contribution in [0.2, 0.25) is 0 Å². The molecule has 1 heterocycles. The lowest BCUT2D eigenvalue weighted by molar-refractivity contribution is -0.129. The van der Waals surface area contributed by atoms with Gasteiger partial charge in [-0.3, -0.25) is 9.59 Å². The number of nitrogens with zero attached hydrogens (tertiary/aromatic N) is 1. The number of amides is 2. The summed E-state index contributed by atoms with van der Waals surface area (Å²) >= 11 is 3.31. The first-order chi connectivity index (χ1) is 8.66. The van der Waals surface area contributed by atoms with E-state index >= 15 is 0 Å². The van der Waals surface area contributed by atoms with Gasteiger partial charge in [-0.05, 0) is 31.0 Å². The summed E-state index contributed by atoms with van der Waals surface area (Å²) < 4.78 is 0.848. The van der Waals surface area contributed by atoms with Crippen molar-refractivity contribution in [2.45, 2.75) is 12.8 Å². The van der Waals surface area contributed by atoms with E-state index in [9.17, 15) is 9.59 Å². The molecule has 0 unspecified atom stereocenters. The van der Waals surface area contributed by atoms with E-state index in [1.165, 1.54) is 0 Å². The quantitative estimate of drug-likeness (QED) is 0.925. The van der Waals surface area contributed by atoms with E-state index in [4.69, 9.17) is 0 Å².